The van der Waals surface area contributed by atoms with E-state index in [4.69, 9.17) is 9.98 Å². The average molecular weight is 716 g/mol. The van der Waals surface area contributed by atoms with Crippen LogP contribution in [0.25, 0.3) is 72.0 Å². The highest BCUT2D eigenvalue weighted by Gasteiger charge is 2.24. The number of nitrogens with zero attached hydrogens (tertiary/aromatic N) is 2. The van der Waals surface area contributed by atoms with Crippen LogP contribution in [0.1, 0.15) is 22.7 Å². The lowest BCUT2D eigenvalue weighted by atomic mass is 9.89. The maximum atomic E-state index is 5.52. The molecule has 3 heteroatoms. The molecule has 1 atom stereocenters. The summed E-state index contributed by atoms with van der Waals surface area (Å²) in [5, 5.41) is 7.22. The van der Waals surface area contributed by atoms with Crippen molar-refractivity contribution in [1.29, 1.82) is 0 Å². The van der Waals surface area contributed by atoms with Crippen molar-refractivity contribution in [3.05, 3.63) is 229 Å². The number of hydrogen-bond acceptors (Lipinski definition) is 3. The van der Waals surface area contributed by atoms with Gasteiger partial charge in [0.05, 0.1) is 17.3 Å². The third kappa shape index (κ3) is 6.36. The molecule has 0 radical (unpaired) electrons. The maximum Gasteiger partial charge on any atom is 0.133 e. The summed E-state index contributed by atoms with van der Waals surface area (Å²) in [4.78, 5) is 11.0. The smallest absolute Gasteiger partial charge is 0.133 e. The highest BCUT2D eigenvalue weighted by Crippen LogP contribution is 2.42. The van der Waals surface area contributed by atoms with Gasteiger partial charge in [0.1, 0.15) is 5.84 Å². The molecule has 9 aromatic rings. The largest absolute Gasteiger partial charge is 0.340 e. The summed E-state index contributed by atoms with van der Waals surface area (Å²) in [6.07, 6.45) is 2.27. The van der Waals surface area contributed by atoms with Gasteiger partial charge in [-0.1, -0.05) is 194 Å². The normalized spacial score (nSPS) is 13.9. The molecule has 0 spiro atoms. The molecule has 3 nitrogen and oxygen atoms in total. The molecule has 1 aliphatic rings. The van der Waals surface area contributed by atoms with Gasteiger partial charge in [-0.3, -0.25) is 4.99 Å². The number of aromatic nitrogens is 1. The SMILES string of the molecule is C1=C(c2ccc(-c3ccccc3)cc2)NC(c2ccc(-c3ccccc3)cc2)=NC1c1cc2ccccc2c2c(-c3ccccc3)cc(-c3ccccc3)nc12. The molecule has 1 N–H and O–H groups in total. The molecule has 0 aliphatic carbocycles. The number of pyridine rings is 1. The number of benzene rings is 8. The first kappa shape index (κ1) is 33.2. The average Bonchev–Trinajstić information content (AvgIpc) is 3.29. The summed E-state index contributed by atoms with van der Waals surface area (Å²) in [5.74, 6) is 0.822. The molecule has 1 unspecified atom stereocenters. The molecule has 10 rings (SSSR count). The van der Waals surface area contributed by atoms with Crippen LogP contribution in [0, 0.1) is 0 Å². The van der Waals surface area contributed by atoms with Gasteiger partial charge < -0.3 is 5.32 Å². The second-order valence-electron chi connectivity index (χ2n) is 14.2. The summed E-state index contributed by atoms with van der Waals surface area (Å²) in [5.41, 5.74) is 14.2. The van der Waals surface area contributed by atoms with Gasteiger partial charge in [0.25, 0.3) is 0 Å². The fraction of sp³-hybridized carbons (Fsp3) is 0.0189. The molecule has 0 amide bonds. The summed E-state index contributed by atoms with van der Waals surface area (Å²) in [6, 6.07) is 72.6. The van der Waals surface area contributed by atoms with Crippen molar-refractivity contribution in [1.82, 2.24) is 10.3 Å². The molecular weight excluding hydrogens is 679 g/mol. The third-order valence-electron chi connectivity index (χ3n) is 10.7. The van der Waals surface area contributed by atoms with Crippen molar-refractivity contribution in [3.63, 3.8) is 0 Å². The zero-order chi connectivity index (χ0) is 37.3. The minimum absolute atomic E-state index is 0.321. The molecule has 264 valence electrons. The molecular formula is C53H37N3. The van der Waals surface area contributed by atoms with Crippen LogP contribution in [0.4, 0.5) is 0 Å². The predicted octanol–water partition coefficient (Wildman–Crippen LogP) is 13.2. The lowest BCUT2D eigenvalue weighted by Gasteiger charge is -2.25. The Labute approximate surface area is 327 Å². The van der Waals surface area contributed by atoms with E-state index in [0.717, 1.165) is 66.9 Å². The Morgan fingerprint density at radius 1 is 0.411 bits per heavy atom. The summed E-state index contributed by atoms with van der Waals surface area (Å²) >= 11 is 0. The standard InChI is InChI=1S/C53H37N3/c1-5-15-36(16-6-1)38-25-29-42(30-26-38)49-35-50(56-53(55-49)43-31-27-39(28-32-43)37-17-7-2-8-18-37)47-33-44-23-13-14-24-45(44)51-46(40-19-9-3-10-20-40)34-48(54-52(47)51)41-21-11-4-12-22-41/h1-35,50H,(H,55,56). The van der Waals surface area contributed by atoms with Gasteiger partial charge in [0.2, 0.25) is 0 Å². The van der Waals surface area contributed by atoms with Gasteiger partial charge in [-0.25, -0.2) is 4.98 Å². The van der Waals surface area contributed by atoms with Crippen molar-refractivity contribution in [2.45, 2.75) is 6.04 Å². The predicted molar refractivity (Wildman–Crippen MR) is 234 cm³/mol. The first-order valence-corrected chi connectivity index (χ1v) is 19.1. The highest BCUT2D eigenvalue weighted by molar-refractivity contribution is 6.15. The number of aliphatic imine (C=N–C) groups is 1. The van der Waals surface area contributed by atoms with Gasteiger partial charge >= 0.3 is 0 Å². The van der Waals surface area contributed by atoms with E-state index in [1.807, 2.05) is 0 Å². The van der Waals surface area contributed by atoms with E-state index in [-0.39, 0.29) is 6.04 Å². The monoisotopic (exact) mass is 715 g/mol. The Morgan fingerprint density at radius 2 is 0.893 bits per heavy atom. The first-order chi connectivity index (χ1) is 27.7. The number of hydrogen-bond donors (Lipinski definition) is 1. The molecule has 1 aromatic heterocycles. The van der Waals surface area contributed by atoms with Gasteiger partial charge in [-0.15, -0.1) is 0 Å². The number of nitrogens with one attached hydrogen (secondary N) is 1. The Morgan fingerprint density at radius 3 is 1.50 bits per heavy atom. The van der Waals surface area contributed by atoms with Crippen molar-refractivity contribution in [3.8, 4) is 44.6 Å². The van der Waals surface area contributed by atoms with Crippen LogP contribution >= 0.6 is 0 Å². The minimum atomic E-state index is -0.321. The van der Waals surface area contributed by atoms with Gasteiger partial charge in [-0.2, -0.15) is 0 Å². The molecule has 1 aliphatic heterocycles. The molecule has 0 bridgehead atoms. The van der Waals surface area contributed by atoms with Crippen LogP contribution in [0.2, 0.25) is 0 Å². The van der Waals surface area contributed by atoms with Crippen LogP contribution in [0.5, 0.6) is 0 Å². The lowest BCUT2D eigenvalue weighted by molar-refractivity contribution is 0.887. The van der Waals surface area contributed by atoms with Gasteiger partial charge in [-0.05, 0) is 67.9 Å². The maximum absolute atomic E-state index is 5.52. The lowest BCUT2D eigenvalue weighted by Crippen LogP contribution is -2.27. The Bertz CT molecular complexity index is 2780. The summed E-state index contributed by atoms with van der Waals surface area (Å²) in [7, 11) is 0. The van der Waals surface area contributed by atoms with E-state index < -0.39 is 0 Å². The van der Waals surface area contributed by atoms with Gasteiger partial charge in [0.15, 0.2) is 0 Å². The summed E-state index contributed by atoms with van der Waals surface area (Å²) < 4.78 is 0. The van der Waals surface area contributed by atoms with Crippen molar-refractivity contribution in [2.24, 2.45) is 4.99 Å². The van der Waals surface area contributed by atoms with Crippen molar-refractivity contribution < 1.29 is 0 Å². The quantitative estimate of drug-likeness (QED) is 0.167. The second-order valence-corrected chi connectivity index (χ2v) is 14.2. The Kier molecular flexibility index (Phi) is 8.58. The summed E-state index contributed by atoms with van der Waals surface area (Å²) in [6.45, 7) is 0. The topological polar surface area (TPSA) is 37.3 Å². The molecule has 0 fully saturated rings. The number of amidine groups is 1. The van der Waals surface area contributed by atoms with Crippen LogP contribution in [-0.4, -0.2) is 10.8 Å². The highest BCUT2D eigenvalue weighted by atomic mass is 15.0. The fourth-order valence-electron chi connectivity index (χ4n) is 7.87. The first-order valence-electron chi connectivity index (χ1n) is 19.1. The second kappa shape index (κ2) is 14.5. The third-order valence-corrected chi connectivity index (χ3v) is 10.7. The van der Waals surface area contributed by atoms with Crippen molar-refractivity contribution >= 4 is 33.2 Å². The van der Waals surface area contributed by atoms with Crippen LogP contribution in [0.15, 0.2) is 217 Å². The minimum Gasteiger partial charge on any atom is -0.340 e. The number of fused-ring (bicyclic) bond motifs is 3. The zero-order valence-corrected chi connectivity index (χ0v) is 30.7. The van der Waals surface area contributed by atoms with E-state index in [1.165, 1.54) is 27.6 Å². The fourth-order valence-corrected chi connectivity index (χ4v) is 7.87. The molecule has 2 heterocycles. The van der Waals surface area contributed by atoms with E-state index >= 15 is 0 Å². The van der Waals surface area contributed by atoms with Crippen LogP contribution in [0.3, 0.4) is 0 Å². The van der Waals surface area contributed by atoms with Gasteiger partial charge in [0, 0.05) is 27.8 Å². The van der Waals surface area contributed by atoms with Crippen molar-refractivity contribution in [2.75, 3.05) is 0 Å². The van der Waals surface area contributed by atoms with E-state index in [0.29, 0.717) is 0 Å². The van der Waals surface area contributed by atoms with E-state index in [9.17, 15) is 0 Å². The van der Waals surface area contributed by atoms with E-state index in [2.05, 4.69) is 218 Å². The number of rotatable bonds is 7. The molecule has 8 aromatic carbocycles. The Balaban J connectivity index is 1.19. The zero-order valence-electron chi connectivity index (χ0n) is 30.7. The van der Waals surface area contributed by atoms with E-state index in [1.54, 1.807) is 0 Å². The molecule has 0 saturated carbocycles. The Hall–Kier alpha value is -7.36. The molecule has 56 heavy (non-hydrogen) atoms. The van der Waals surface area contributed by atoms with Crippen LogP contribution in [-0.2, 0) is 0 Å². The molecule has 0 saturated heterocycles. The van der Waals surface area contributed by atoms with Crippen LogP contribution < -0.4 is 5.32 Å².